The highest BCUT2D eigenvalue weighted by atomic mass is 32.1. The molecule has 0 saturated heterocycles. The highest BCUT2D eigenvalue weighted by Crippen LogP contribution is 2.21. The normalized spacial score (nSPS) is 11.6. The van der Waals surface area contributed by atoms with Crippen LogP contribution < -0.4 is 0 Å². The fourth-order valence-corrected chi connectivity index (χ4v) is 1.88. The third-order valence-corrected chi connectivity index (χ3v) is 2.69. The zero-order valence-corrected chi connectivity index (χ0v) is 9.53. The van der Waals surface area contributed by atoms with Crippen LogP contribution in [-0.4, -0.2) is 26.4 Å². The van der Waals surface area contributed by atoms with Crippen LogP contribution in [-0.2, 0) is 0 Å². The van der Waals surface area contributed by atoms with Gasteiger partial charge in [0.05, 0.1) is 4.20 Å². The maximum atomic E-state index is 9.77. The van der Waals surface area contributed by atoms with Crippen LogP contribution >= 0.6 is 50.1 Å². The third-order valence-electron chi connectivity index (χ3n) is 1.45. The number of rotatable bonds is 5. The van der Waals surface area contributed by atoms with Gasteiger partial charge in [-0.3, -0.25) is 0 Å². The van der Waals surface area contributed by atoms with E-state index in [0.717, 1.165) is 0 Å². The number of thiol groups is 3. The molecule has 0 amide bonds. The summed E-state index contributed by atoms with van der Waals surface area (Å²) in [5.74, 6) is 1.20. The molecular formula is C6H12OS4. The number of aliphatic hydroxyl groups is 1. The van der Waals surface area contributed by atoms with Crippen molar-refractivity contribution in [2.75, 3.05) is 11.5 Å². The van der Waals surface area contributed by atoms with Gasteiger partial charge in [0.15, 0.2) is 0 Å². The average Bonchev–Trinajstić information content (AvgIpc) is 1.88. The molecule has 0 aliphatic heterocycles. The Kier molecular flexibility index (Phi) is 6.26. The average molecular weight is 228 g/mol. The molecule has 0 rings (SSSR count). The molecule has 0 aromatic carbocycles. The van der Waals surface area contributed by atoms with E-state index >= 15 is 0 Å². The Labute approximate surface area is 89.2 Å². The maximum absolute atomic E-state index is 9.77. The van der Waals surface area contributed by atoms with E-state index in [1.807, 2.05) is 0 Å². The Morgan fingerprint density at radius 1 is 1.27 bits per heavy atom. The van der Waals surface area contributed by atoms with E-state index in [1.165, 1.54) is 0 Å². The molecule has 0 heterocycles. The molecule has 0 fully saturated rings. The summed E-state index contributed by atoms with van der Waals surface area (Å²) in [6.45, 7) is 0. The summed E-state index contributed by atoms with van der Waals surface area (Å²) in [5, 5.41) is 9.77. The summed E-state index contributed by atoms with van der Waals surface area (Å²) in [6.07, 6.45) is 1.08. The van der Waals surface area contributed by atoms with Gasteiger partial charge in [0.25, 0.3) is 0 Å². The minimum Gasteiger partial charge on any atom is -0.384 e. The molecule has 0 aliphatic carbocycles. The van der Waals surface area contributed by atoms with Crippen molar-refractivity contribution in [1.29, 1.82) is 0 Å². The van der Waals surface area contributed by atoms with Crippen LogP contribution in [0.5, 0.6) is 0 Å². The third kappa shape index (κ3) is 4.03. The largest absolute Gasteiger partial charge is 0.384 e. The van der Waals surface area contributed by atoms with E-state index in [0.29, 0.717) is 28.5 Å². The predicted octanol–water partition coefficient (Wildman–Crippen LogP) is 1.61. The van der Waals surface area contributed by atoms with Crippen molar-refractivity contribution in [3.63, 3.8) is 0 Å². The second-order valence-corrected chi connectivity index (χ2v) is 4.34. The van der Waals surface area contributed by atoms with Crippen molar-refractivity contribution in [3.8, 4) is 0 Å². The van der Waals surface area contributed by atoms with E-state index in [1.54, 1.807) is 0 Å². The Bertz CT molecular complexity index is 131. The molecule has 0 unspecified atom stereocenters. The van der Waals surface area contributed by atoms with Crippen LogP contribution in [0.2, 0.25) is 0 Å². The molecule has 0 aromatic heterocycles. The molecule has 1 nitrogen and oxygen atoms in total. The van der Waals surface area contributed by atoms with E-state index < -0.39 is 5.60 Å². The van der Waals surface area contributed by atoms with Gasteiger partial charge in [-0.15, -0.1) is 12.6 Å². The van der Waals surface area contributed by atoms with Gasteiger partial charge in [0.1, 0.15) is 5.60 Å². The lowest BCUT2D eigenvalue weighted by Gasteiger charge is -2.25. The fourth-order valence-electron chi connectivity index (χ4n) is 0.709. The SMILES string of the molecule is OC(CCS)(CCS)C(=S)S. The highest BCUT2D eigenvalue weighted by molar-refractivity contribution is 8.11. The molecule has 11 heavy (non-hydrogen) atoms. The van der Waals surface area contributed by atoms with Crippen LogP contribution in [0, 0.1) is 0 Å². The molecule has 0 spiro atoms. The van der Waals surface area contributed by atoms with Crippen molar-refractivity contribution in [3.05, 3.63) is 0 Å². The minimum absolute atomic E-state index is 0.334. The Morgan fingerprint density at radius 3 is 1.82 bits per heavy atom. The van der Waals surface area contributed by atoms with Crippen LogP contribution in [0.25, 0.3) is 0 Å². The van der Waals surface area contributed by atoms with Crippen molar-refractivity contribution < 1.29 is 5.11 Å². The Morgan fingerprint density at radius 2 is 1.64 bits per heavy atom. The zero-order valence-electron chi connectivity index (χ0n) is 6.03. The molecule has 1 N–H and O–H groups in total. The van der Waals surface area contributed by atoms with Crippen LogP contribution in [0.15, 0.2) is 0 Å². The first kappa shape index (κ1) is 12.1. The van der Waals surface area contributed by atoms with Gasteiger partial charge in [0.2, 0.25) is 0 Å². The molecule has 0 atom stereocenters. The molecule has 0 aromatic rings. The Balaban J connectivity index is 4.13. The summed E-state index contributed by atoms with van der Waals surface area (Å²) < 4.78 is 0.334. The lowest BCUT2D eigenvalue weighted by molar-refractivity contribution is 0.112. The second-order valence-electron chi connectivity index (χ2n) is 2.28. The van der Waals surface area contributed by atoms with Gasteiger partial charge in [-0.05, 0) is 24.3 Å². The van der Waals surface area contributed by atoms with Crippen LogP contribution in [0.3, 0.4) is 0 Å². The highest BCUT2D eigenvalue weighted by Gasteiger charge is 2.27. The Hall–Kier alpha value is 1.10. The minimum atomic E-state index is -0.956. The van der Waals surface area contributed by atoms with Crippen molar-refractivity contribution >= 4 is 54.3 Å². The maximum Gasteiger partial charge on any atom is 0.107 e. The van der Waals surface area contributed by atoms with Gasteiger partial charge >= 0.3 is 0 Å². The molecule has 0 aliphatic rings. The molecule has 0 saturated carbocycles. The van der Waals surface area contributed by atoms with Crippen LogP contribution in [0.4, 0.5) is 0 Å². The van der Waals surface area contributed by atoms with E-state index in [-0.39, 0.29) is 0 Å². The molecule has 0 radical (unpaired) electrons. The number of hydrogen-bond acceptors (Lipinski definition) is 4. The summed E-state index contributed by atoms with van der Waals surface area (Å²) in [5.41, 5.74) is -0.956. The standard InChI is InChI=1S/C6H12OS4/c7-6(1-3-8,2-4-9)5(10)11/h7-9H,1-4H2,(H,10,11). The van der Waals surface area contributed by atoms with Crippen molar-refractivity contribution in [2.45, 2.75) is 18.4 Å². The van der Waals surface area contributed by atoms with Gasteiger partial charge in [-0.25, -0.2) is 0 Å². The molecular weight excluding hydrogens is 216 g/mol. The van der Waals surface area contributed by atoms with E-state index in [9.17, 15) is 5.11 Å². The lowest BCUT2D eigenvalue weighted by Crippen LogP contribution is -2.35. The lowest BCUT2D eigenvalue weighted by atomic mass is 10.0. The predicted molar refractivity (Wildman–Crippen MR) is 63.5 cm³/mol. The van der Waals surface area contributed by atoms with Crippen molar-refractivity contribution in [2.24, 2.45) is 0 Å². The van der Waals surface area contributed by atoms with Crippen LogP contribution in [0.1, 0.15) is 12.8 Å². The molecule has 66 valence electrons. The number of thiocarbonyl (C=S) groups is 1. The topological polar surface area (TPSA) is 20.2 Å². The van der Waals surface area contributed by atoms with Gasteiger partial charge < -0.3 is 5.11 Å². The smallest absolute Gasteiger partial charge is 0.107 e. The first-order chi connectivity index (χ1) is 5.06. The number of hydrogen-bond donors (Lipinski definition) is 4. The fraction of sp³-hybridized carbons (Fsp3) is 0.833. The summed E-state index contributed by atoms with van der Waals surface area (Å²) in [7, 11) is 0. The summed E-state index contributed by atoms with van der Waals surface area (Å²) in [6, 6.07) is 0. The van der Waals surface area contributed by atoms with Gasteiger partial charge in [-0.2, -0.15) is 25.3 Å². The zero-order chi connectivity index (χ0) is 8.91. The first-order valence-corrected chi connectivity index (χ1v) is 5.36. The van der Waals surface area contributed by atoms with Crippen molar-refractivity contribution in [1.82, 2.24) is 0 Å². The summed E-state index contributed by atoms with van der Waals surface area (Å²) in [4.78, 5) is 0. The van der Waals surface area contributed by atoms with Gasteiger partial charge in [0, 0.05) is 0 Å². The second kappa shape index (κ2) is 5.70. The van der Waals surface area contributed by atoms with Gasteiger partial charge in [-0.1, -0.05) is 12.2 Å². The van der Waals surface area contributed by atoms with E-state index in [4.69, 9.17) is 12.2 Å². The molecule has 5 heteroatoms. The first-order valence-electron chi connectivity index (χ1n) is 3.24. The molecule has 0 bridgehead atoms. The quantitative estimate of drug-likeness (QED) is 0.424. The van der Waals surface area contributed by atoms with E-state index in [2.05, 4.69) is 37.9 Å². The summed E-state index contributed by atoms with van der Waals surface area (Å²) >= 11 is 16.8. The monoisotopic (exact) mass is 228 g/mol.